The maximum absolute atomic E-state index is 14.7. The highest BCUT2D eigenvalue weighted by molar-refractivity contribution is 5.47. The number of hydrogen-bond acceptors (Lipinski definition) is 0. The van der Waals surface area contributed by atoms with Gasteiger partial charge in [0, 0.05) is 0 Å². The molecule has 0 heterocycles. The summed E-state index contributed by atoms with van der Waals surface area (Å²) >= 11 is 0. The molecule has 2 bridgehead atoms. The molecule has 2 rings (SSSR count). The lowest BCUT2D eigenvalue weighted by Gasteiger charge is -2.48. The van der Waals surface area contributed by atoms with E-state index in [-0.39, 0.29) is 0 Å². The maximum atomic E-state index is 14.7. The summed E-state index contributed by atoms with van der Waals surface area (Å²) in [6.45, 7) is 2.03. The smallest absolute Gasteiger partial charge is 0.229 e. The number of allylic oxidation sites excluding steroid dienone is 1. The van der Waals surface area contributed by atoms with E-state index in [1.165, 1.54) is 0 Å². The molecule has 2 aliphatic carbocycles. The number of fused-ring (bicyclic) bond motifs is 2. The number of alkyl halides is 16. The second-order valence-corrected chi connectivity index (χ2v) is 6.19. The molecule has 3 unspecified atom stereocenters. The van der Waals surface area contributed by atoms with Gasteiger partial charge < -0.3 is 0 Å². The minimum Gasteiger partial charge on any atom is -0.229 e. The Morgan fingerprint density at radius 3 is 1.21 bits per heavy atom. The van der Waals surface area contributed by atoms with E-state index in [9.17, 15) is 70.2 Å². The first-order chi connectivity index (χ1) is 11.9. The molecule has 28 heavy (non-hydrogen) atoms. The molecule has 2 fully saturated rings. The molecule has 0 aliphatic heterocycles. The summed E-state index contributed by atoms with van der Waals surface area (Å²) < 4.78 is 219. The summed E-state index contributed by atoms with van der Waals surface area (Å²) in [6, 6.07) is 0. The van der Waals surface area contributed by atoms with Gasteiger partial charge in [-0.05, 0) is 0 Å². The molecule has 0 aromatic carbocycles. The zero-order chi connectivity index (χ0) is 22.8. The minimum absolute atomic E-state index is 1.16. The lowest BCUT2D eigenvalue weighted by atomic mass is 9.59. The van der Waals surface area contributed by atoms with Crippen LogP contribution in [-0.4, -0.2) is 42.0 Å². The van der Waals surface area contributed by atoms with Crippen molar-refractivity contribution in [2.24, 2.45) is 16.7 Å². The van der Waals surface area contributed by atoms with Crippen LogP contribution in [0.2, 0.25) is 0 Å². The average molecular weight is 452 g/mol. The molecule has 0 nitrogen and oxygen atoms in total. The standard InChI is InChI=1S/C12H4F16/c1-2-3-4(10(20,21)22)6(11(23,24)25,12(26,27)28)7(15,5(3,13)14)9(18,19)8(4,16)17/h2-3H,1H2. The van der Waals surface area contributed by atoms with Gasteiger partial charge in [-0.25, -0.2) is 13.2 Å². The monoisotopic (exact) mass is 452 g/mol. The van der Waals surface area contributed by atoms with Gasteiger partial charge >= 0.3 is 30.4 Å². The highest BCUT2D eigenvalue weighted by Crippen LogP contribution is 2.93. The van der Waals surface area contributed by atoms with E-state index in [2.05, 4.69) is 0 Å². The molecular formula is C12H4F16. The fourth-order valence-corrected chi connectivity index (χ4v) is 4.47. The lowest BCUT2D eigenvalue weighted by molar-refractivity contribution is -0.442. The van der Waals surface area contributed by atoms with Crippen molar-refractivity contribution in [3.05, 3.63) is 12.7 Å². The third-order valence-electron chi connectivity index (χ3n) is 5.28. The first-order valence-corrected chi connectivity index (χ1v) is 6.59. The van der Waals surface area contributed by atoms with Crippen LogP contribution in [0.25, 0.3) is 0 Å². The molecular weight excluding hydrogens is 448 g/mol. The molecule has 164 valence electrons. The second kappa shape index (κ2) is 4.84. The molecule has 0 spiro atoms. The van der Waals surface area contributed by atoms with Gasteiger partial charge in [0.15, 0.2) is 5.41 Å². The Bertz CT molecular complexity index is 678. The summed E-state index contributed by atoms with van der Waals surface area (Å²) in [7, 11) is 0. The fourth-order valence-electron chi connectivity index (χ4n) is 4.47. The van der Waals surface area contributed by atoms with Crippen molar-refractivity contribution in [1.82, 2.24) is 0 Å². The van der Waals surface area contributed by atoms with Crippen molar-refractivity contribution in [3.8, 4) is 0 Å². The summed E-state index contributed by atoms with van der Waals surface area (Å²) in [5.41, 5.74) is -23.0. The van der Waals surface area contributed by atoms with Crippen LogP contribution in [0, 0.1) is 16.7 Å². The molecule has 2 aliphatic rings. The molecule has 0 aromatic rings. The van der Waals surface area contributed by atoms with E-state index in [1.54, 1.807) is 0 Å². The van der Waals surface area contributed by atoms with Crippen molar-refractivity contribution in [3.63, 3.8) is 0 Å². The van der Waals surface area contributed by atoms with Gasteiger partial charge in [0.25, 0.3) is 11.6 Å². The van der Waals surface area contributed by atoms with E-state index < -0.39 is 64.8 Å². The molecule has 3 atom stereocenters. The molecule has 0 saturated heterocycles. The van der Waals surface area contributed by atoms with Gasteiger partial charge in [0.1, 0.15) is 0 Å². The third kappa shape index (κ3) is 1.57. The first kappa shape index (κ1) is 22.9. The van der Waals surface area contributed by atoms with Crippen LogP contribution in [0.5, 0.6) is 0 Å². The van der Waals surface area contributed by atoms with E-state index in [0.29, 0.717) is 0 Å². The van der Waals surface area contributed by atoms with Crippen LogP contribution < -0.4 is 0 Å². The van der Waals surface area contributed by atoms with Gasteiger partial charge in [0.05, 0.1) is 5.92 Å². The number of hydrogen-bond donors (Lipinski definition) is 0. The van der Waals surface area contributed by atoms with Gasteiger partial charge in [-0.1, -0.05) is 6.08 Å². The SMILES string of the molecule is C=CC1C(F)(F)C2(F)C(F)(F)C(F)(F)C1(C(F)(F)F)C2(C(F)(F)F)C(F)(F)F. The summed E-state index contributed by atoms with van der Waals surface area (Å²) in [4.78, 5) is 0. The Morgan fingerprint density at radius 1 is 0.607 bits per heavy atom. The molecule has 0 amide bonds. The van der Waals surface area contributed by atoms with Crippen molar-refractivity contribution in [1.29, 1.82) is 0 Å². The molecule has 16 heteroatoms. The number of rotatable bonds is 1. The fraction of sp³-hybridized carbons (Fsp3) is 0.833. The molecule has 2 saturated carbocycles. The minimum atomic E-state index is -8.01. The molecule has 0 radical (unpaired) electrons. The second-order valence-electron chi connectivity index (χ2n) is 6.19. The molecule has 0 N–H and O–H groups in total. The summed E-state index contributed by atoms with van der Waals surface area (Å²) in [5.74, 6) is -27.3. The Balaban J connectivity index is 3.42. The Hall–Kier alpha value is -1.38. The normalized spacial score (nSPS) is 38.5. The van der Waals surface area contributed by atoms with Crippen molar-refractivity contribution in [2.75, 3.05) is 0 Å². The third-order valence-corrected chi connectivity index (χ3v) is 5.28. The van der Waals surface area contributed by atoms with E-state index in [0.717, 1.165) is 0 Å². The lowest BCUT2D eigenvalue weighted by Crippen LogP contribution is -2.70. The van der Waals surface area contributed by atoms with Gasteiger partial charge in [-0.3, -0.25) is 0 Å². The predicted molar refractivity (Wildman–Crippen MR) is 55.4 cm³/mol. The zero-order valence-corrected chi connectivity index (χ0v) is 12.4. The highest BCUT2D eigenvalue weighted by atomic mass is 19.4. The summed E-state index contributed by atoms with van der Waals surface area (Å²) in [5, 5.41) is 0. The van der Waals surface area contributed by atoms with Gasteiger partial charge in [-0.15, -0.1) is 6.58 Å². The van der Waals surface area contributed by atoms with Crippen molar-refractivity contribution < 1.29 is 70.2 Å². The highest BCUT2D eigenvalue weighted by Gasteiger charge is 3.19. The topological polar surface area (TPSA) is 0 Å². The Labute approximate surface area is 143 Å². The average Bonchev–Trinajstić information content (AvgIpc) is 2.63. The quantitative estimate of drug-likeness (QED) is 0.334. The largest absolute Gasteiger partial charge is 0.408 e. The van der Waals surface area contributed by atoms with E-state index in [1.807, 2.05) is 6.58 Å². The van der Waals surface area contributed by atoms with E-state index >= 15 is 0 Å². The predicted octanol–water partition coefficient (Wildman–Crippen LogP) is 6.09. The van der Waals surface area contributed by atoms with Crippen LogP contribution in [0.3, 0.4) is 0 Å². The van der Waals surface area contributed by atoms with Gasteiger partial charge in [0.2, 0.25) is 5.41 Å². The van der Waals surface area contributed by atoms with E-state index in [4.69, 9.17) is 0 Å². The maximum Gasteiger partial charge on any atom is 0.408 e. The number of halogens is 16. The Morgan fingerprint density at radius 2 is 0.964 bits per heavy atom. The zero-order valence-electron chi connectivity index (χ0n) is 12.4. The molecule has 0 aromatic heterocycles. The van der Waals surface area contributed by atoms with Crippen LogP contribution in [0.4, 0.5) is 70.2 Å². The first-order valence-electron chi connectivity index (χ1n) is 6.59. The van der Waals surface area contributed by atoms with Crippen LogP contribution >= 0.6 is 0 Å². The van der Waals surface area contributed by atoms with Crippen LogP contribution in [0.15, 0.2) is 12.7 Å². The van der Waals surface area contributed by atoms with Crippen molar-refractivity contribution >= 4 is 0 Å². The summed E-state index contributed by atoms with van der Waals surface area (Å²) in [6.07, 6.45) is -24.9. The van der Waals surface area contributed by atoms with Crippen LogP contribution in [-0.2, 0) is 0 Å². The van der Waals surface area contributed by atoms with Crippen molar-refractivity contribution in [2.45, 2.75) is 42.0 Å². The van der Waals surface area contributed by atoms with Crippen LogP contribution in [0.1, 0.15) is 0 Å². The Kier molecular flexibility index (Phi) is 3.96. The van der Waals surface area contributed by atoms with Gasteiger partial charge in [-0.2, -0.15) is 57.1 Å².